The summed E-state index contributed by atoms with van der Waals surface area (Å²) in [5.41, 5.74) is 4.16. The Morgan fingerprint density at radius 1 is 1.24 bits per heavy atom. The third kappa shape index (κ3) is 6.09. The second kappa shape index (κ2) is 12.2. The van der Waals surface area contributed by atoms with Gasteiger partial charge in [0.15, 0.2) is 6.79 Å². The van der Waals surface area contributed by atoms with E-state index in [2.05, 4.69) is 12.0 Å². The van der Waals surface area contributed by atoms with E-state index < -0.39 is 5.97 Å². The van der Waals surface area contributed by atoms with Crippen LogP contribution in [-0.4, -0.2) is 48.5 Å². The van der Waals surface area contributed by atoms with Gasteiger partial charge in [0.25, 0.3) is 0 Å². The zero-order valence-corrected chi connectivity index (χ0v) is 22.0. The van der Waals surface area contributed by atoms with Crippen molar-refractivity contribution < 1.29 is 28.8 Å². The van der Waals surface area contributed by atoms with Crippen LogP contribution in [0.1, 0.15) is 36.5 Å². The molecule has 0 saturated heterocycles. The zero-order valence-electron chi connectivity index (χ0n) is 21.3. The Kier molecular flexibility index (Phi) is 8.74. The third-order valence-electron chi connectivity index (χ3n) is 6.20. The number of aliphatic carboxylic acids is 1. The molecular formula is C28H31ClN2O6. The van der Waals surface area contributed by atoms with E-state index in [0.717, 1.165) is 47.4 Å². The number of carbonyl (C=O) groups is 1. The molecule has 2 heterocycles. The van der Waals surface area contributed by atoms with Gasteiger partial charge in [-0.2, -0.15) is 5.10 Å². The van der Waals surface area contributed by atoms with E-state index >= 15 is 0 Å². The van der Waals surface area contributed by atoms with Crippen LogP contribution in [0.4, 0.5) is 0 Å². The van der Waals surface area contributed by atoms with Crippen molar-refractivity contribution in [3.05, 3.63) is 63.8 Å². The van der Waals surface area contributed by atoms with Gasteiger partial charge >= 0.3 is 5.97 Å². The number of methoxy groups -OCH3 is 2. The average molecular weight is 527 g/mol. The highest BCUT2D eigenvalue weighted by Crippen LogP contribution is 2.37. The van der Waals surface area contributed by atoms with Gasteiger partial charge in [-0.25, -0.2) is 4.79 Å². The maximum absolute atomic E-state index is 12.4. The van der Waals surface area contributed by atoms with Crippen LogP contribution in [0.5, 0.6) is 17.2 Å². The quantitative estimate of drug-likeness (QED) is 0.241. The molecule has 0 amide bonds. The molecule has 8 nitrogen and oxygen atoms in total. The Morgan fingerprint density at radius 2 is 2.08 bits per heavy atom. The Bertz CT molecular complexity index is 1300. The van der Waals surface area contributed by atoms with Crippen LogP contribution in [0, 0.1) is 0 Å². The first-order valence-corrected chi connectivity index (χ1v) is 12.6. The summed E-state index contributed by atoms with van der Waals surface area (Å²) in [5, 5.41) is 15.2. The van der Waals surface area contributed by atoms with Gasteiger partial charge in [-0.05, 0) is 42.8 Å². The number of aryl methyl sites for hydroxylation is 1. The minimum absolute atomic E-state index is 0.0438. The number of ether oxygens (including phenoxy) is 4. The summed E-state index contributed by atoms with van der Waals surface area (Å²) in [7, 11) is 3.13. The summed E-state index contributed by atoms with van der Waals surface area (Å²) in [6, 6.07) is 9.14. The van der Waals surface area contributed by atoms with Crippen LogP contribution >= 0.6 is 11.6 Å². The molecule has 0 spiro atoms. The van der Waals surface area contributed by atoms with Crippen molar-refractivity contribution in [2.24, 2.45) is 0 Å². The predicted octanol–water partition coefficient (Wildman–Crippen LogP) is 5.64. The van der Waals surface area contributed by atoms with Gasteiger partial charge in [0.1, 0.15) is 17.2 Å². The van der Waals surface area contributed by atoms with Crippen LogP contribution in [0.15, 0.2) is 42.1 Å². The van der Waals surface area contributed by atoms with Gasteiger partial charge in [-0.1, -0.05) is 24.9 Å². The molecule has 1 aliphatic heterocycles. The van der Waals surface area contributed by atoms with Gasteiger partial charge in [0.05, 0.1) is 25.6 Å². The molecule has 1 aromatic heterocycles. The molecule has 37 heavy (non-hydrogen) atoms. The molecule has 2 aromatic carbocycles. The van der Waals surface area contributed by atoms with Crippen LogP contribution in [0.2, 0.25) is 5.02 Å². The number of benzene rings is 2. The summed E-state index contributed by atoms with van der Waals surface area (Å²) in [6.07, 6.45) is 6.21. The third-order valence-corrected chi connectivity index (χ3v) is 6.44. The lowest BCUT2D eigenvalue weighted by molar-refractivity contribution is -0.132. The van der Waals surface area contributed by atoms with Crippen LogP contribution in [0.3, 0.4) is 0 Å². The topological polar surface area (TPSA) is 92.0 Å². The van der Waals surface area contributed by atoms with E-state index in [4.69, 9.17) is 30.5 Å². The number of hydrogen-bond donors (Lipinski definition) is 1. The molecular weight excluding hydrogens is 496 g/mol. The van der Waals surface area contributed by atoms with Gasteiger partial charge in [-0.15, -0.1) is 0 Å². The fraction of sp³-hybridized carbons (Fsp3) is 0.357. The maximum Gasteiger partial charge on any atom is 0.331 e. The van der Waals surface area contributed by atoms with Gasteiger partial charge in [0.2, 0.25) is 0 Å². The molecule has 0 bridgehead atoms. The molecule has 1 N–H and O–H groups in total. The standard InChI is InChI=1S/C28H31ClN2O6/c1-4-5-9-31-27(23-7-6-22(29)15-26(23)37-17-34-2)21(16-30-31)12-20(28(32)33)11-19-14-25-18(8-10-36-25)13-24(19)35-3/h6-7,12-16H,4-5,8-11,17H2,1-3H3,(H,32,33). The summed E-state index contributed by atoms with van der Waals surface area (Å²) < 4.78 is 24.1. The van der Waals surface area contributed by atoms with Crippen molar-refractivity contribution >= 4 is 23.6 Å². The Labute approximate surface area is 221 Å². The predicted molar refractivity (Wildman–Crippen MR) is 142 cm³/mol. The molecule has 0 unspecified atom stereocenters. The number of carboxylic acid groups (broad SMARTS) is 1. The number of fused-ring (bicyclic) bond motifs is 1. The van der Waals surface area contributed by atoms with E-state index in [1.165, 1.54) is 0 Å². The molecule has 0 fully saturated rings. The molecule has 196 valence electrons. The van der Waals surface area contributed by atoms with Crippen molar-refractivity contribution in [3.63, 3.8) is 0 Å². The Hall–Kier alpha value is -3.49. The number of hydrogen-bond acceptors (Lipinski definition) is 6. The molecule has 0 atom stereocenters. The number of rotatable bonds is 12. The van der Waals surface area contributed by atoms with Crippen molar-refractivity contribution in [2.75, 3.05) is 27.6 Å². The normalized spacial score (nSPS) is 12.8. The molecule has 3 aromatic rings. The van der Waals surface area contributed by atoms with Crippen LogP contribution < -0.4 is 14.2 Å². The van der Waals surface area contributed by atoms with Crippen molar-refractivity contribution in [3.8, 4) is 28.5 Å². The molecule has 4 rings (SSSR count). The highest BCUT2D eigenvalue weighted by Gasteiger charge is 2.22. The van der Waals surface area contributed by atoms with Gasteiger partial charge in [-0.3, -0.25) is 4.68 Å². The molecule has 0 radical (unpaired) electrons. The molecule has 0 saturated carbocycles. The number of aromatic nitrogens is 2. The van der Waals surface area contributed by atoms with E-state index in [1.807, 2.05) is 22.9 Å². The van der Waals surface area contributed by atoms with E-state index in [1.54, 1.807) is 38.6 Å². The van der Waals surface area contributed by atoms with E-state index in [-0.39, 0.29) is 18.8 Å². The van der Waals surface area contributed by atoms with Crippen molar-refractivity contribution in [1.29, 1.82) is 0 Å². The van der Waals surface area contributed by atoms with E-state index in [0.29, 0.717) is 35.2 Å². The summed E-state index contributed by atoms with van der Waals surface area (Å²) in [4.78, 5) is 12.4. The number of unbranched alkanes of at least 4 members (excludes halogenated alkanes) is 1. The van der Waals surface area contributed by atoms with E-state index in [9.17, 15) is 9.90 Å². The molecule has 0 aliphatic carbocycles. The lowest BCUT2D eigenvalue weighted by atomic mass is 9.98. The maximum atomic E-state index is 12.4. The average Bonchev–Trinajstić information content (AvgIpc) is 3.51. The second-order valence-corrected chi connectivity index (χ2v) is 9.17. The fourth-order valence-corrected chi connectivity index (χ4v) is 4.53. The highest BCUT2D eigenvalue weighted by atomic mass is 35.5. The smallest absolute Gasteiger partial charge is 0.331 e. The Balaban J connectivity index is 1.80. The first-order valence-electron chi connectivity index (χ1n) is 12.2. The zero-order chi connectivity index (χ0) is 26.4. The minimum atomic E-state index is -1.03. The first kappa shape index (κ1) is 26.6. The fourth-order valence-electron chi connectivity index (χ4n) is 4.37. The summed E-state index contributed by atoms with van der Waals surface area (Å²) in [5.74, 6) is 0.914. The first-order chi connectivity index (χ1) is 17.9. The number of nitrogens with zero attached hydrogens (tertiary/aromatic N) is 2. The van der Waals surface area contributed by atoms with Gasteiger partial charge < -0.3 is 24.1 Å². The summed E-state index contributed by atoms with van der Waals surface area (Å²) in [6.45, 7) is 3.43. The van der Waals surface area contributed by atoms with Crippen LogP contribution in [-0.2, 0) is 28.9 Å². The lowest BCUT2D eigenvalue weighted by Crippen LogP contribution is -2.07. The summed E-state index contributed by atoms with van der Waals surface area (Å²) >= 11 is 6.25. The molecule has 1 aliphatic rings. The van der Waals surface area contributed by atoms with Crippen molar-refractivity contribution in [2.45, 2.75) is 39.2 Å². The van der Waals surface area contributed by atoms with Crippen molar-refractivity contribution in [1.82, 2.24) is 9.78 Å². The Morgan fingerprint density at radius 3 is 2.81 bits per heavy atom. The second-order valence-electron chi connectivity index (χ2n) is 8.74. The lowest BCUT2D eigenvalue weighted by Gasteiger charge is -2.15. The molecule has 9 heteroatoms. The van der Waals surface area contributed by atoms with Gasteiger partial charge in [0, 0.05) is 59.3 Å². The monoisotopic (exact) mass is 526 g/mol. The SMILES string of the molecule is CCCCn1ncc(C=C(Cc2cc3c(cc2OC)CCO3)C(=O)O)c1-c1ccc(Cl)cc1OCOC. The number of halogens is 1. The largest absolute Gasteiger partial charge is 0.496 e. The number of carboxylic acids is 1. The minimum Gasteiger partial charge on any atom is -0.496 e. The van der Waals surface area contributed by atoms with Crippen LogP contribution in [0.25, 0.3) is 17.3 Å². The highest BCUT2D eigenvalue weighted by molar-refractivity contribution is 6.30.